The molecule has 0 bridgehead atoms. The summed E-state index contributed by atoms with van der Waals surface area (Å²) in [5.41, 5.74) is 0.537. The van der Waals surface area contributed by atoms with E-state index in [0.29, 0.717) is 5.56 Å². The first-order valence-electron chi connectivity index (χ1n) is 5.92. The summed E-state index contributed by atoms with van der Waals surface area (Å²) in [4.78, 5) is 26.6. The van der Waals surface area contributed by atoms with Crippen molar-refractivity contribution in [2.45, 2.75) is 13.8 Å². The van der Waals surface area contributed by atoms with E-state index in [1.165, 1.54) is 13.8 Å². The van der Waals surface area contributed by atoms with Crippen LogP contribution in [0.4, 0.5) is 0 Å². The van der Waals surface area contributed by atoms with Crippen LogP contribution in [0.15, 0.2) is 30.3 Å². The van der Waals surface area contributed by atoms with E-state index < -0.39 is 11.9 Å². The standard InChI is InChI=1S/C15H13NO4.2K/c1-8-11(14(17)18)13(10-6-4-3-5-7-10)12(15(19)20)9(2)16-8;;/h3-7H,1-2H3,(H,17,18)(H,19,20);;/q;2*+1/p-2. The Morgan fingerprint density at radius 1 is 0.864 bits per heavy atom. The Kier molecular flexibility index (Phi) is 10.0. The topological polar surface area (TPSA) is 93.2 Å². The molecule has 0 radical (unpaired) electrons. The van der Waals surface area contributed by atoms with Crippen molar-refractivity contribution in [3.8, 4) is 11.1 Å². The van der Waals surface area contributed by atoms with E-state index in [4.69, 9.17) is 0 Å². The van der Waals surface area contributed by atoms with Crippen LogP contribution in [0.3, 0.4) is 0 Å². The third kappa shape index (κ3) is 4.79. The predicted octanol–water partition coefficient (Wildman–Crippen LogP) is -5.90. The second-order valence-electron chi connectivity index (χ2n) is 4.35. The minimum absolute atomic E-state index is 0. The maximum Gasteiger partial charge on any atom is 1.00 e. The summed E-state index contributed by atoms with van der Waals surface area (Å²) < 4.78 is 0. The minimum atomic E-state index is -1.46. The zero-order valence-corrected chi connectivity index (χ0v) is 19.2. The van der Waals surface area contributed by atoms with Gasteiger partial charge < -0.3 is 19.8 Å². The van der Waals surface area contributed by atoms with Gasteiger partial charge >= 0.3 is 103 Å². The Hall–Kier alpha value is 0.583. The van der Waals surface area contributed by atoms with Crippen LogP contribution in [0.1, 0.15) is 32.1 Å². The first-order valence-corrected chi connectivity index (χ1v) is 5.92. The third-order valence-electron chi connectivity index (χ3n) is 3.03. The van der Waals surface area contributed by atoms with Gasteiger partial charge in [0.2, 0.25) is 0 Å². The van der Waals surface area contributed by atoms with Crippen molar-refractivity contribution >= 4 is 11.9 Å². The maximum absolute atomic E-state index is 11.3. The van der Waals surface area contributed by atoms with Gasteiger partial charge in [-0.1, -0.05) is 30.3 Å². The van der Waals surface area contributed by atoms with Gasteiger partial charge in [-0.2, -0.15) is 0 Å². The van der Waals surface area contributed by atoms with E-state index in [1.54, 1.807) is 30.3 Å². The molecule has 0 N–H and O–H groups in total. The number of aromatic carboxylic acids is 2. The van der Waals surface area contributed by atoms with Crippen molar-refractivity contribution in [3.05, 3.63) is 52.8 Å². The number of benzene rings is 1. The maximum atomic E-state index is 11.3. The molecule has 0 fully saturated rings. The van der Waals surface area contributed by atoms with Gasteiger partial charge in [0.15, 0.2) is 0 Å². The van der Waals surface area contributed by atoms with Crippen LogP contribution in [0.5, 0.6) is 0 Å². The fraction of sp³-hybridized carbons (Fsp3) is 0.133. The molecule has 0 unspecified atom stereocenters. The number of carbonyl (C=O) groups is 2. The Bertz CT molecular complexity index is 664. The molecule has 0 spiro atoms. The molecule has 1 heterocycles. The Labute approximate surface area is 213 Å². The number of hydrogen-bond acceptors (Lipinski definition) is 5. The first-order chi connectivity index (χ1) is 9.43. The smallest absolute Gasteiger partial charge is 0.545 e. The molecule has 0 aliphatic carbocycles. The van der Waals surface area contributed by atoms with Gasteiger partial charge in [0.25, 0.3) is 0 Å². The molecular weight excluding hydrogens is 336 g/mol. The molecule has 1 aromatic carbocycles. The van der Waals surface area contributed by atoms with Gasteiger partial charge in [-0.15, -0.1) is 0 Å². The normalized spacial score (nSPS) is 9.36. The number of hydrogen-bond donors (Lipinski definition) is 0. The molecule has 2 aromatic rings. The molecule has 0 saturated carbocycles. The van der Waals surface area contributed by atoms with Gasteiger partial charge in [0.05, 0.1) is 11.9 Å². The van der Waals surface area contributed by atoms with Crippen molar-refractivity contribution in [2.24, 2.45) is 0 Å². The minimum Gasteiger partial charge on any atom is -0.545 e. The SMILES string of the molecule is Cc1nc(C)c(C(=O)[O-])c(-c2ccccc2)c1C(=O)[O-].[K+].[K+]. The Morgan fingerprint density at radius 2 is 1.27 bits per heavy atom. The van der Waals surface area contributed by atoms with E-state index in [1.807, 2.05) is 0 Å². The monoisotopic (exact) mass is 347 g/mol. The summed E-state index contributed by atoms with van der Waals surface area (Å²) in [6, 6.07) is 8.40. The molecule has 2 rings (SSSR count). The summed E-state index contributed by atoms with van der Waals surface area (Å²) >= 11 is 0. The van der Waals surface area contributed by atoms with Gasteiger partial charge in [0, 0.05) is 28.1 Å². The predicted molar refractivity (Wildman–Crippen MR) is 67.8 cm³/mol. The molecule has 0 atom stereocenters. The molecule has 0 amide bonds. The van der Waals surface area contributed by atoms with E-state index in [9.17, 15) is 19.8 Å². The van der Waals surface area contributed by atoms with Gasteiger partial charge in [-0.25, -0.2) is 0 Å². The quantitative estimate of drug-likeness (QED) is 0.516. The second-order valence-corrected chi connectivity index (χ2v) is 4.35. The molecule has 0 aliphatic heterocycles. The Morgan fingerprint density at radius 3 is 1.64 bits per heavy atom. The van der Waals surface area contributed by atoms with Crippen LogP contribution in [-0.2, 0) is 0 Å². The van der Waals surface area contributed by atoms with Crippen LogP contribution in [0.25, 0.3) is 11.1 Å². The number of rotatable bonds is 3. The van der Waals surface area contributed by atoms with Crippen molar-refractivity contribution in [2.75, 3.05) is 0 Å². The third-order valence-corrected chi connectivity index (χ3v) is 3.03. The Balaban J connectivity index is 0.00000220. The van der Waals surface area contributed by atoms with Crippen molar-refractivity contribution in [1.82, 2.24) is 4.98 Å². The zero-order valence-electron chi connectivity index (χ0n) is 13.0. The second kappa shape index (κ2) is 9.78. The molecular formula is C15H11K2NO4. The number of nitrogens with zero attached hydrogens (tertiary/aromatic N) is 1. The summed E-state index contributed by atoms with van der Waals surface area (Å²) in [6.45, 7) is 3.01. The molecule has 7 heteroatoms. The van der Waals surface area contributed by atoms with Crippen molar-refractivity contribution in [3.63, 3.8) is 0 Å². The summed E-state index contributed by atoms with van der Waals surface area (Å²) in [7, 11) is 0. The summed E-state index contributed by atoms with van der Waals surface area (Å²) in [5.74, 6) is -2.92. The van der Waals surface area contributed by atoms with E-state index in [0.717, 1.165) is 0 Å². The summed E-state index contributed by atoms with van der Waals surface area (Å²) in [6.07, 6.45) is 0. The van der Waals surface area contributed by atoms with Gasteiger partial charge in [0.1, 0.15) is 0 Å². The largest absolute Gasteiger partial charge is 1.00 e. The van der Waals surface area contributed by atoms with Gasteiger partial charge in [-0.3, -0.25) is 4.98 Å². The molecule has 22 heavy (non-hydrogen) atoms. The molecule has 1 aromatic heterocycles. The molecule has 5 nitrogen and oxygen atoms in total. The average molecular weight is 347 g/mol. The fourth-order valence-corrected chi connectivity index (χ4v) is 2.24. The molecule has 0 aliphatic rings. The van der Waals surface area contributed by atoms with Crippen molar-refractivity contribution in [1.29, 1.82) is 0 Å². The van der Waals surface area contributed by atoms with Gasteiger partial charge in [-0.05, 0) is 19.4 Å². The number of pyridine rings is 1. The molecule has 102 valence electrons. The van der Waals surface area contributed by atoms with Crippen LogP contribution >= 0.6 is 0 Å². The van der Waals surface area contributed by atoms with E-state index in [-0.39, 0.29) is 131 Å². The van der Waals surface area contributed by atoms with Crippen LogP contribution in [0.2, 0.25) is 0 Å². The summed E-state index contributed by atoms with van der Waals surface area (Å²) in [5, 5.41) is 22.7. The van der Waals surface area contributed by atoms with Crippen LogP contribution in [0, 0.1) is 13.8 Å². The zero-order chi connectivity index (χ0) is 14.9. The number of aryl methyl sites for hydroxylation is 2. The van der Waals surface area contributed by atoms with Crippen molar-refractivity contribution < 1.29 is 123 Å². The number of carboxylic acid groups (broad SMARTS) is 2. The average Bonchev–Trinajstić information content (AvgIpc) is 2.37. The molecule has 0 saturated heterocycles. The van der Waals surface area contributed by atoms with Crippen LogP contribution < -0.4 is 113 Å². The number of carboxylic acids is 2. The van der Waals surface area contributed by atoms with Crippen LogP contribution in [-0.4, -0.2) is 16.9 Å². The van der Waals surface area contributed by atoms with E-state index >= 15 is 0 Å². The fourth-order valence-electron chi connectivity index (χ4n) is 2.24. The number of carbonyl (C=O) groups excluding carboxylic acids is 2. The van der Waals surface area contributed by atoms with E-state index in [2.05, 4.69) is 4.98 Å². The first kappa shape index (κ1) is 22.6. The number of aromatic nitrogens is 1.